The van der Waals surface area contributed by atoms with E-state index in [4.69, 9.17) is 0 Å². The predicted octanol–water partition coefficient (Wildman–Crippen LogP) is 2.56. The third-order valence-corrected chi connectivity index (χ3v) is 4.02. The average Bonchev–Trinajstić information content (AvgIpc) is 3.17. The molecule has 8 nitrogen and oxygen atoms in total. The summed E-state index contributed by atoms with van der Waals surface area (Å²) < 4.78 is 3.37. The van der Waals surface area contributed by atoms with Crippen LogP contribution in [0.5, 0.6) is 0 Å². The van der Waals surface area contributed by atoms with Crippen LogP contribution < -0.4 is 5.32 Å². The van der Waals surface area contributed by atoms with Crippen molar-refractivity contribution in [2.75, 3.05) is 5.32 Å². The Labute approximate surface area is 127 Å². The first-order valence-electron chi connectivity index (χ1n) is 6.49. The number of nitro groups is 1. The molecule has 0 bridgehead atoms. The Balaban J connectivity index is 1.64. The summed E-state index contributed by atoms with van der Waals surface area (Å²) in [5, 5.41) is 16.0. The van der Waals surface area contributed by atoms with Crippen LogP contribution in [0.1, 0.15) is 5.69 Å². The Bertz CT molecular complexity index is 952. The minimum absolute atomic E-state index is 0.0555. The molecule has 110 valence electrons. The van der Waals surface area contributed by atoms with Crippen LogP contribution in [0.4, 0.5) is 11.6 Å². The first-order valence-corrected chi connectivity index (χ1v) is 7.37. The molecule has 0 fully saturated rings. The van der Waals surface area contributed by atoms with Crippen LogP contribution in [0, 0.1) is 10.1 Å². The number of anilines is 1. The Hall–Kier alpha value is -2.94. The molecule has 22 heavy (non-hydrogen) atoms. The number of pyridine rings is 1. The summed E-state index contributed by atoms with van der Waals surface area (Å²) in [6.45, 7) is 0.368. The molecule has 0 aromatic carbocycles. The van der Waals surface area contributed by atoms with Crippen molar-refractivity contribution in [1.29, 1.82) is 0 Å². The van der Waals surface area contributed by atoms with Gasteiger partial charge in [-0.1, -0.05) is 17.4 Å². The zero-order valence-corrected chi connectivity index (χ0v) is 12.0. The van der Waals surface area contributed by atoms with Crippen molar-refractivity contribution in [2.24, 2.45) is 0 Å². The van der Waals surface area contributed by atoms with Crippen LogP contribution >= 0.6 is 11.3 Å². The Morgan fingerprint density at radius 3 is 3.05 bits per heavy atom. The molecule has 4 heterocycles. The molecule has 0 amide bonds. The molecule has 0 aliphatic heterocycles. The minimum Gasteiger partial charge on any atom is -0.358 e. The second kappa shape index (κ2) is 4.81. The van der Waals surface area contributed by atoms with Crippen LogP contribution in [0.3, 0.4) is 0 Å². The van der Waals surface area contributed by atoms with E-state index >= 15 is 0 Å². The van der Waals surface area contributed by atoms with E-state index in [0.717, 1.165) is 11.3 Å². The molecule has 0 saturated carbocycles. The molecule has 0 spiro atoms. The number of hydrogen-bond acceptors (Lipinski definition) is 6. The summed E-state index contributed by atoms with van der Waals surface area (Å²) in [5.74, 6) is 0.203. The molecule has 0 saturated heterocycles. The fraction of sp³-hybridized carbons (Fsp3) is 0.0769. The van der Waals surface area contributed by atoms with Crippen molar-refractivity contribution in [2.45, 2.75) is 6.54 Å². The minimum atomic E-state index is -0.432. The lowest BCUT2D eigenvalue weighted by Crippen LogP contribution is -2.03. The lowest BCUT2D eigenvalue weighted by atomic mass is 10.4. The number of nitrogens with one attached hydrogen (secondary N) is 1. The van der Waals surface area contributed by atoms with E-state index in [1.165, 1.54) is 15.7 Å². The van der Waals surface area contributed by atoms with E-state index in [-0.39, 0.29) is 11.6 Å². The Kier molecular flexibility index (Phi) is 2.79. The lowest BCUT2D eigenvalue weighted by Gasteiger charge is -2.00. The topological polar surface area (TPSA) is 89.8 Å². The highest BCUT2D eigenvalue weighted by Gasteiger charge is 2.23. The lowest BCUT2D eigenvalue weighted by molar-refractivity contribution is -0.389. The van der Waals surface area contributed by atoms with Gasteiger partial charge < -0.3 is 19.8 Å². The van der Waals surface area contributed by atoms with Crippen molar-refractivity contribution >= 4 is 33.6 Å². The summed E-state index contributed by atoms with van der Waals surface area (Å²) in [7, 11) is 0. The number of fused-ring (bicyclic) bond motifs is 2. The van der Waals surface area contributed by atoms with E-state index in [1.54, 1.807) is 11.6 Å². The summed E-state index contributed by atoms with van der Waals surface area (Å²) in [6.07, 6.45) is 5.43. The van der Waals surface area contributed by atoms with E-state index in [9.17, 15) is 10.1 Å². The van der Waals surface area contributed by atoms with Crippen molar-refractivity contribution in [1.82, 2.24) is 18.8 Å². The number of rotatable bonds is 4. The molecule has 9 heteroatoms. The van der Waals surface area contributed by atoms with Gasteiger partial charge in [-0.05, 0) is 17.1 Å². The summed E-state index contributed by atoms with van der Waals surface area (Å²) in [4.78, 5) is 20.1. The molecule has 1 N–H and O–H groups in total. The molecule has 0 aliphatic rings. The standard InChI is InChI=1S/C13H10N6O2S/c20-19(21)12-11(16-13-18(12)5-6-22-13)14-7-9-8-17-4-2-1-3-10(17)15-9/h1-6,8,14H,7H2. The van der Waals surface area contributed by atoms with Gasteiger partial charge in [0.1, 0.15) is 11.8 Å². The van der Waals surface area contributed by atoms with Crippen LogP contribution in [-0.2, 0) is 6.54 Å². The third-order valence-electron chi connectivity index (χ3n) is 3.26. The quantitative estimate of drug-likeness (QED) is 0.462. The molecule has 4 aromatic heterocycles. The molecular weight excluding hydrogens is 304 g/mol. The van der Waals surface area contributed by atoms with E-state index < -0.39 is 4.92 Å². The Morgan fingerprint density at radius 2 is 2.23 bits per heavy atom. The smallest absolute Gasteiger partial charge is 0.358 e. The maximum Gasteiger partial charge on any atom is 0.372 e. The maximum absolute atomic E-state index is 11.2. The van der Waals surface area contributed by atoms with Gasteiger partial charge in [-0.15, -0.1) is 0 Å². The van der Waals surface area contributed by atoms with E-state index in [0.29, 0.717) is 11.5 Å². The molecule has 4 rings (SSSR count). The summed E-state index contributed by atoms with van der Waals surface area (Å²) >= 11 is 1.35. The normalized spacial score (nSPS) is 11.3. The van der Waals surface area contributed by atoms with Gasteiger partial charge >= 0.3 is 5.82 Å². The Morgan fingerprint density at radius 1 is 1.32 bits per heavy atom. The fourth-order valence-electron chi connectivity index (χ4n) is 2.31. The monoisotopic (exact) mass is 314 g/mol. The highest BCUT2D eigenvalue weighted by atomic mass is 32.1. The molecule has 4 aromatic rings. The van der Waals surface area contributed by atoms with Crippen LogP contribution in [-0.4, -0.2) is 23.7 Å². The van der Waals surface area contributed by atoms with Crippen LogP contribution in [0.15, 0.2) is 42.2 Å². The maximum atomic E-state index is 11.2. The van der Waals surface area contributed by atoms with Gasteiger partial charge in [0, 0.05) is 17.8 Å². The summed E-state index contributed by atoms with van der Waals surface area (Å²) in [6, 6.07) is 5.73. The van der Waals surface area contributed by atoms with Crippen molar-refractivity contribution < 1.29 is 4.92 Å². The molecule has 0 atom stereocenters. The number of nitrogens with zero attached hydrogens (tertiary/aromatic N) is 5. The average molecular weight is 314 g/mol. The van der Waals surface area contributed by atoms with Gasteiger partial charge in [0.25, 0.3) is 4.96 Å². The summed E-state index contributed by atoms with van der Waals surface area (Å²) in [5.41, 5.74) is 1.62. The number of aromatic nitrogens is 4. The number of hydrogen-bond donors (Lipinski definition) is 1. The van der Waals surface area contributed by atoms with Crippen molar-refractivity contribution in [3.63, 3.8) is 0 Å². The van der Waals surface area contributed by atoms with Gasteiger partial charge in [0.2, 0.25) is 5.82 Å². The first-order chi connectivity index (χ1) is 10.7. The van der Waals surface area contributed by atoms with Gasteiger partial charge in [-0.25, -0.2) is 4.98 Å². The van der Waals surface area contributed by atoms with Gasteiger partial charge in [-0.3, -0.25) is 0 Å². The van der Waals surface area contributed by atoms with Crippen molar-refractivity contribution in [3.8, 4) is 0 Å². The molecule has 0 unspecified atom stereocenters. The zero-order chi connectivity index (χ0) is 15.1. The van der Waals surface area contributed by atoms with Gasteiger partial charge in [0.05, 0.1) is 12.2 Å². The van der Waals surface area contributed by atoms with Crippen LogP contribution in [0.2, 0.25) is 0 Å². The predicted molar refractivity (Wildman–Crippen MR) is 82.2 cm³/mol. The fourth-order valence-corrected chi connectivity index (χ4v) is 3.02. The second-order valence-electron chi connectivity index (χ2n) is 4.65. The van der Waals surface area contributed by atoms with E-state index in [2.05, 4.69) is 15.3 Å². The SMILES string of the molecule is O=[N+]([O-])c1c(NCc2cn3ccccc3n2)nc2sccn12. The highest BCUT2D eigenvalue weighted by molar-refractivity contribution is 7.15. The number of thiazole rings is 1. The first kappa shape index (κ1) is 12.8. The van der Waals surface area contributed by atoms with Gasteiger partial charge in [0.15, 0.2) is 0 Å². The second-order valence-corrected chi connectivity index (χ2v) is 5.52. The highest BCUT2D eigenvalue weighted by Crippen LogP contribution is 2.28. The third kappa shape index (κ3) is 1.99. The van der Waals surface area contributed by atoms with E-state index in [1.807, 2.05) is 35.0 Å². The molecule has 0 radical (unpaired) electrons. The van der Waals surface area contributed by atoms with Crippen LogP contribution in [0.25, 0.3) is 10.6 Å². The zero-order valence-electron chi connectivity index (χ0n) is 11.2. The number of imidazole rings is 2. The molecule has 0 aliphatic carbocycles. The molecular formula is C13H10N6O2S. The van der Waals surface area contributed by atoms with Gasteiger partial charge in [-0.2, -0.15) is 9.38 Å². The largest absolute Gasteiger partial charge is 0.372 e. The van der Waals surface area contributed by atoms with Crippen molar-refractivity contribution in [3.05, 3.63) is 58.0 Å².